The van der Waals surface area contributed by atoms with Crippen LogP contribution in [0.1, 0.15) is 16.1 Å². The van der Waals surface area contributed by atoms with Gasteiger partial charge in [-0.1, -0.05) is 0 Å². The van der Waals surface area contributed by atoms with Gasteiger partial charge < -0.3 is 24.7 Å². The SMILES string of the molecule is COC(=O)c1coc(CNC(CO)CO)c1. The minimum atomic E-state index is -0.462. The lowest BCUT2D eigenvalue weighted by molar-refractivity contribution is 0.0600. The fourth-order valence-electron chi connectivity index (χ4n) is 1.13. The van der Waals surface area contributed by atoms with Crippen molar-refractivity contribution in [3.8, 4) is 0 Å². The molecule has 0 aromatic carbocycles. The third-order valence-corrected chi connectivity index (χ3v) is 2.08. The summed E-state index contributed by atoms with van der Waals surface area (Å²) in [5.74, 6) is 0.0724. The van der Waals surface area contributed by atoms with E-state index in [0.29, 0.717) is 17.9 Å². The van der Waals surface area contributed by atoms with Crippen LogP contribution < -0.4 is 5.32 Å². The van der Waals surface area contributed by atoms with Gasteiger partial charge in [-0.3, -0.25) is 0 Å². The molecule has 1 aromatic heterocycles. The summed E-state index contributed by atoms with van der Waals surface area (Å²) in [5, 5.41) is 20.5. The molecule has 0 unspecified atom stereocenters. The molecule has 6 nitrogen and oxygen atoms in total. The Balaban J connectivity index is 2.49. The van der Waals surface area contributed by atoms with Gasteiger partial charge in [-0.15, -0.1) is 0 Å². The molecule has 16 heavy (non-hydrogen) atoms. The van der Waals surface area contributed by atoms with Gasteiger partial charge >= 0.3 is 5.97 Å². The highest BCUT2D eigenvalue weighted by atomic mass is 16.5. The number of nitrogens with one attached hydrogen (secondary N) is 1. The number of rotatable bonds is 6. The Morgan fingerprint density at radius 3 is 2.81 bits per heavy atom. The van der Waals surface area contributed by atoms with E-state index in [1.54, 1.807) is 6.07 Å². The Hall–Kier alpha value is -1.37. The molecule has 0 aliphatic heterocycles. The van der Waals surface area contributed by atoms with Crippen molar-refractivity contribution in [3.05, 3.63) is 23.7 Å². The maximum Gasteiger partial charge on any atom is 0.341 e. The van der Waals surface area contributed by atoms with E-state index in [2.05, 4.69) is 10.1 Å². The van der Waals surface area contributed by atoms with Crippen LogP contribution in [0, 0.1) is 0 Å². The van der Waals surface area contributed by atoms with Gasteiger partial charge in [-0.25, -0.2) is 4.79 Å². The van der Waals surface area contributed by atoms with Crippen molar-refractivity contribution in [3.63, 3.8) is 0 Å². The molecule has 6 heteroatoms. The lowest BCUT2D eigenvalue weighted by Crippen LogP contribution is -2.35. The van der Waals surface area contributed by atoms with Crippen molar-refractivity contribution in [2.45, 2.75) is 12.6 Å². The second-order valence-corrected chi connectivity index (χ2v) is 3.24. The number of methoxy groups -OCH3 is 1. The van der Waals surface area contributed by atoms with E-state index in [1.807, 2.05) is 0 Å². The average Bonchev–Trinajstić information content (AvgIpc) is 2.78. The van der Waals surface area contributed by atoms with Crippen LogP contribution in [-0.4, -0.2) is 42.5 Å². The minimum Gasteiger partial charge on any atom is -0.467 e. The molecule has 0 saturated heterocycles. The fourth-order valence-corrected chi connectivity index (χ4v) is 1.13. The van der Waals surface area contributed by atoms with E-state index in [4.69, 9.17) is 14.6 Å². The van der Waals surface area contributed by atoms with Crippen molar-refractivity contribution in [1.29, 1.82) is 0 Å². The summed E-state index contributed by atoms with van der Waals surface area (Å²) in [5.41, 5.74) is 0.337. The van der Waals surface area contributed by atoms with E-state index >= 15 is 0 Å². The summed E-state index contributed by atoms with van der Waals surface area (Å²) in [4.78, 5) is 11.1. The van der Waals surface area contributed by atoms with Crippen molar-refractivity contribution >= 4 is 5.97 Å². The molecular weight excluding hydrogens is 214 g/mol. The smallest absolute Gasteiger partial charge is 0.341 e. The predicted octanol–water partition coefficient (Wildman–Crippen LogP) is -0.491. The van der Waals surface area contributed by atoms with Crippen LogP contribution in [0.25, 0.3) is 0 Å². The lowest BCUT2D eigenvalue weighted by atomic mass is 10.3. The molecule has 0 atom stereocenters. The molecule has 1 aromatic rings. The van der Waals surface area contributed by atoms with Crippen molar-refractivity contribution in [1.82, 2.24) is 5.32 Å². The van der Waals surface area contributed by atoms with E-state index < -0.39 is 12.0 Å². The molecule has 1 rings (SSSR count). The third kappa shape index (κ3) is 3.34. The fraction of sp³-hybridized carbons (Fsp3) is 0.500. The van der Waals surface area contributed by atoms with Gasteiger partial charge in [0.1, 0.15) is 12.0 Å². The van der Waals surface area contributed by atoms with Gasteiger partial charge in [0, 0.05) is 0 Å². The number of esters is 1. The Bertz CT molecular complexity index is 332. The molecule has 1 heterocycles. The first-order valence-electron chi connectivity index (χ1n) is 4.82. The monoisotopic (exact) mass is 229 g/mol. The number of carbonyl (C=O) groups excluding carboxylic acids is 1. The lowest BCUT2D eigenvalue weighted by Gasteiger charge is -2.11. The third-order valence-electron chi connectivity index (χ3n) is 2.08. The van der Waals surface area contributed by atoms with Gasteiger partial charge in [0.2, 0.25) is 0 Å². The van der Waals surface area contributed by atoms with E-state index in [-0.39, 0.29) is 13.2 Å². The van der Waals surface area contributed by atoms with Gasteiger partial charge in [0.25, 0.3) is 0 Å². The Morgan fingerprint density at radius 1 is 1.56 bits per heavy atom. The molecule has 0 aliphatic carbocycles. The van der Waals surface area contributed by atoms with Crippen LogP contribution >= 0.6 is 0 Å². The molecule has 90 valence electrons. The number of carbonyl (C=O) groups is 1. The highest BCUT2D eigenvalue weighted by Crippen LogP contribution is 2.08. The normalized spacial score (nSPS) is 10.8. The zero-order valence-electron chi connectivity index (χ0n) is 8.97. The zero-order chi connectivity index (χ0) is 12.0. The maximum atomic E-state index is 11.1. The standard InChI is InChI=1S/C10H15NO5/c1-15-10(14)7-2-9(16-6-7)3-11-8(4-12)5-13/h2,6,8,11-13H,3-5H2,1H3. The summed E-state index contributed by atoms with van der Waals surface area (Å²) in [6, 6.07) is 1.15. The Kier molecular flexibility index (Phi) is 4.97. The Labute approximate surface area is 92.8 Å². The molecule has 3 N–H and O–H groups in total. The average molecular weight is 229 g/mol. The predicted molar refractivity (Wildman–Crippen MR) is 54.8 cm³/mol. The van der Waals surface area contributed by atoms with Crippen molar-refractivity contribution < 1.29 is 24.2 Å². The molecule has 0 aliphatic rings. The maximum absolute atomic E-state index is 11.1. The number of aliphatic hydroxyl groups is 2. The highest BCUT2D eigenvalue weighted by Gasteiger charge is 2.11. The number of hydrogen-bond donors (Lipinski definition) is 3. The summed E-state index contributed by atoms with van der Waals surface area (Å²) in [7, 11) is 1.29. The van der Waals surface area contributed by atoms with Crippen LogP contribution in [0.15, 0.2) is 16.7 Å². The van der Waals surface area contributed by atoms with Crippen LogP contribution in [0.2, 0.25) is 0 Å². The van der Waals surface area contributed by atoms with Crippen molar-refractivity contribution in [2.24, 2.45) is 0 Å². The number of ether oxygens (including phenoxy) is 1. The molecule has 0 fully saturated rings. The van der Waals surface area contributed by atoms with Crippen LogP contribution in [0.3, 0.4) is 0 Å². The molecule has 0 bridgehead atoms. The summed E-state index contributed by atoms with van der Waals surface area (Å²) >= 11 is 0. The number of hydrogen-bond acceptors (Lipinski definition) is 6. The van der Waals surface area contributed by atoms with Crippen molar-refractivity contribution in [2.75, 3.05) is 20.3 Å². The van der Waals surface area contributed by atoms with E-state index in [9.17, 15) is 4.79 Å². The quantitative estimate of drug-likeness (QED) is 0.570. The van der Waals surface area contributed by atoms with Crippen LogP contribution in [0.4, 0.5) is 0 Å². The first kappa shape index (κ1) is 12.7. The molecule has 0 spiro atoms. The van der Waals surface area contributed by atoms with Gasteiger partial charge in [-0.05, 0) is 6.07 Å². The van der Waals surface area contributed by atoms with Gasteiger partial charge in [0.15, 0.2) is 0 Å². The number of aliphatic hydroxyl groups excluding tert-OH is 2. The van der Waals surface area contributed by atoms with Crippen LogP contribution in [-0.2, 0) is 11.3 Å². The molecular formula is C10H15NO5. The summed E-state index contributed by atoms with van der Waals surface area (Å²) < 4.78 is 9.62. The van der Waals surface area contributed by atoms with E-state index in [0.717, 1.165) is 0 Å². The summed E-state index contributed by atoms with van der Waals surface area (Å²) in [6.07, 6.45) is 1.30. The Morgan fingerprint density at radius 2 is 2.25 bits per heavy atom. The number of furan rings is 1. The largest absolute Gasteiger partial charge is 0.467 e. The molecule has 0 radical (unpaired) electrons. The van der Waals surface area contributed by atoms with Gasteiger partial charge in [-0.2, -0.15) is 0 Å². The molecule has 0 saturated carbocycles. The topological polar surface area (TPSA) is 91.9 Å². The van der Waals surface area contributed by atoms with Crippen LogP contribution in [0.5, 0.6) is 0 Å². The second kappa shape index (κ2) is 6.26. The summed E-state index contributed by atoms with van der Waals surface area (Å²) in [6.45, 7) is -0.00901. The first-order valence-corrected chi connectivity index (χ1v) is 4.82. The van der Waals surface area contributed by atoms with Gasteiger partial charge in [0.05, 0.1) is 38.5 Å². The highest BCUT2D eigenvalue weighted by molar-refractivity contribution is 5.88. The first-order chi connectivity index (χ1) is 7.71. The second-order valence-electron chi connectivity index (χ2n) is 3.24. The minimum absolute atomic E-state index is 0.166. The van der Waals surface area contributed by atoms with E-state index in [1.165, 1.54) is 13.4 Å². The molecule has 0 amide bonds. The zero-order valence-corrected chi connectivity index (χ0v) is 8.97.